The van der Waals surface area contributed by atoms with Gasteiger partial charge < -0.3 is 4.90 Å². The molecular weight excluding hydrogens is 743 g/mol. The molecule has 282 valence electrons. The van der Waals surface area contributed by atoms with Crippen LogP contribution in [-0.4, -0.2) is 0 Å². The Labute approximate surface area is 354 Å². The third kappa shape index (κ3) is 6.83. The summed E-state index contributed by atoms with van der Waals surface area (Å²) in [5, 5.41) is 5.13. The Morgan fingerprint density at radius 1 is 0.233 bits per heavy atom. The Morgan fingerprint density at radius 3 is 1.40 bits per heavy atom. The van der Waals surface area contributed by atoms with Gasteiger partial charge >= 0.3 is 0 Å². The molecule has 2 heteroatoms. The van der Waals surface area contributed by atoms with E-state index in [9.17, 15) is 0 Å². The zero-order valence-corrected chi connectivity index (χ0v) is 33.7. The summed E-state index contributed by atoms with van der Waals surface area (Å²) in [5.74, 6) is 0. The molecule has 0 N–H and O–H groups in total. The molecule has 0 spiro atoms. The first-order valence-electron chi connectivity index (χ1n) is 20.5. The highest BCUT2D eigenvalue weighted by Crippen LogP contribution is 2.42. The van der Waals surface area contributed by atoms with Crippen LogP contribution in [-0.2, 0) is 0 Å². The van der Waals surface area contributed by atoms with Gasteiger partial charge in [0.2, 0.25) is 0 Å². The van der Waals surface area contributed by atoms with Gasteiger partial charge in [0.1, 0.15) is 0 Å². The number of benzene rings is 10. The summed E-state index contributed by atoms with van der Waals surface area (Å²) in [6.07, 6.45) is 0. The Bertz CT molecular complexity index is 3290. The standard InChI is InChI=1S/C58H39NS/c1-2-10-40(11-3-1)42-20-26-46(27-21-42)50-16-9-17-53(38-50)59(54-34-35-56-55-18-6-7-19-57(55)60-58(56)39-54)52-32-30-44(31-33-52)43-22-24-45(25-23-43)48-14-8-15-49(36-48)51-29-28-41-12-4-5-13-47(41)37-51/h1-39H. The lowest BCUT2D eigenvalue weighted by Crippen LogP contribution is -2.09. The smallest absolute Gasteiger partial charge is 0.0476 e. The van der Waals surface area contributed by atoms with Crippen molar-refractivity contribution in [2.45, 2.75) is 0 Å². The molecule has 0 amide bonds. The maximum Gasteiger partial charge on any atom is 0.0476 e. The normalized spacial score (nSPS) is 11.3. The SMILES string of the molecule is c1ccc(-c2ccc(-c3cccc(N(c4ccc(-c5ccc(-c6cccc(-c7ccc8ccccc8c7)c6)cc5)cc4)c4ccc5c(c4)sc4ccccc45)c3)cc2)cc1. The molecule has 0 aliphatic rings. The van der Waals surface area contributed by atoms with Crippen molar-refractivity contribution in [1.29, 1.82) is 0 Å². The van der Waals surface area contributed by atoms with Crippen molar-refractivity contribution < 1.29 is 0 Å². The molecule has 60 heavy (non-hydrogen) atoms. The number of fused-ring (bicyclic) bond motifs is 4. The van der Waals surface area contributed by atoms with Gasteiger partial charge in [0.25, 0.3) is 0 Å². The van der Waals surface area contributed by atoms with Crippen molar-refractivity contribution in [1.82, 2.24) is 0 Å². The van der Waals surface area contributed by atoms with Crippen molar-refractivity contribution in [3.63, 3.8) is 0 Å². The highest BCUT2D eigenvalue weighted by molar-refractivity contribution is 7.25. The summed E-state index contributed by atoms with van der Waals surface area (Å²) in [6, 6.07) is 86.1. The van der Waals surface area contributed by atoms with E-state index in [1.165, 1.54) is 86.6 Å². The van der Waals surface area contributed by atoms with E-state index in [1.54, 1.807) is 0 Å². The minimum atomic E-state index is 1.11. The van der Waals surface area contributed by atoms with Crippen LogP contribution in [0.1, 0.15) is 0 Å². The van der Waals surface area contributed by atoms with E-state index in [4.69, 9.17) is 0 Å². The van der Waals surface area contributed by atoms with Gasteiger partial charge in [0.15, 0.2) is 0 Å². The van der Waals surface area contributed by atoms with Crippen LogP contribution >= 0.6 is 11.3 Å². The summed E-state index contributed by atoms with van der Waals surface area (Å²) in [4.78, 5) is 2.39. The minimum Gasteiger partial charge on any atom is -0.310 e. The second-order valence-electron chi connectivity index (χ2n) is 15.4. The molecule has 0 saturated heterocycles. The van der Waals surface area contributed by atoms with Gasteiger partial charge in [-0.25, -0.2) is 0 Å². The number of hydrogen-bond donors (Lipinski definition) is 0. The molecule has 0 radical (unpaired) electrons. The van der Waals surface area contributed by atoms with Crippen LogP contribution in [0, 0.1) is 0 Å². The molecule has 0 bridgehead atoms. The van der Waals surface area contributed by atoms with Crippen LogP contribution in [0.15, 0.2) is 237 Å². The zero-order valence-electron chi connectivity index (χ0n) is 32.9. The molecule has 0 fully saturated rings. The maximum atomic E-state index is 2.39. The Balaban J connectivity index is 0.917. The lowest BCUT2D eigenvalue weighted by Gasteiger charge is -2.26. The van der Waals surface area contributed by atoms with Gasteiger partial charge in [-0.3, -0.25) is 0 Å². The van der Waals surface area contributed by atoms with Gasteiger partial charge in [-0.15, -0.1) is 11.3 Å². The zero-order chi connectivity index (χ0) is 39.8. The predicted molar refractivity (Wildman–Crippen MR) is 259 cm³/mol. The van der Waals surface area contributed by atoms with Crippen molar-refractivity contribution >= 4 is 59.3 Å². The summed E-state index contributed by atoms with van der Waals surface area (Å²) in [6.45, 7) is 0. The lowest BCUT2D eigenvalue weighted by atomic mass is 9.96. The molecule has 11 aromatic rings. The van der Waals surface area contributed by atoms with Gasteiger partial charge in [-0.1, -0.05) is 182 Å². The van der Waals surface area contributed by atoms with Crippen LogP contribution in [0.25, 0.3) is 86.6 Å². The Kier molecular flexibility index (Phi) is 9.11. The number of nitrogens with zero attached hydrogens (tertiary/aromatic N) is 1. The van der Waals surface area contributed by atoms with Crippen LogP contribution < -0.4 is 4.90 Å². The van der Waals surface area contributed by atoms with Crippen molar-refractivity contribution in [2.24, 2.45) is 0 Å². The average Bonchev–Trinajstić information content (AvgIpc) is 3.70. The third-order valence-electron chi connectivity index (χ3n) is 11.7. The number of hydrogen-bond acceptors (Lipinski definition) is 2. The highest BCUT2D eigenvalue weighted by atomic mass is 32.1. The van der Waals surface area contributed by atoms with E-state index in [2.05, 4.69) is 241 Å². The summed E-state index contributed by atoms with van der Waals surface area (Å²) in [7, 11) is 0. The molecular formula is C58H39NS. The van der Waals surface area contributed by atoms with Gasteiger partial charge in [0, 0.05) is 37.2 Å². The molecule has 0 aliphatic heterocycles. The number of rotatable bonds is 8. The van der Waals surface area contributed by atoms with E-state index in [0.29, 0.717) is 0 Å². The fraction of sp³-hybridized carbons (Fsp3) is 0. The molecule has 0 saturated carbocycles. The van der Waals surface area contributed by atoms with Gasteiger partial charge in [0.05, 0.1) is 0 Å². The first-order chi connectivity index (χ1) is 29.7. The predicted octanol–water partition coefficient (Wildman–Crippen LogP) is 17.0. The molecule has 10 aromatic carbocycles. The van der Waals surface area contributed by atoms with Gasteiger partial charge in [-0.05, 0) is 121 Å². The van der Waals surface area contributed by atoms with E-state index in [-0.39, 0.29) is 0 Å². The molecule has 0 aliphatic carbocycles. The topological polar surface area (TPSA) is 3.24 Å². The van der Waals surface area contributed by atoms with E-state index in [0.717, 1.165) is 17.1 Å². The fourth-order valence-electron chi connectivity index (χ4n) is 8.52. The highest BCUT2D eigenvalue weighted by Gasteiger charge is 2.16. The largest absolute Gasteiger partial charge is 0.310 e. The van der Waals surface area contributed by atoms with E-state index >= 15 is 0 Å². The quantitative estimate of drug-likeness (QED) is 0.148. The summed E-state index contributed by atoms with van der Waals surface area (Å²) >= 11 is 1.86. The van der Waals surface area contributed by atoms with E-state index in [1.807, 2.05) is 11.3 Å². The van der Waals surface area contributed by atoms with Crippen LogP contribution in [0.5, 0.6) is 0 Å². The Hall–Kier alpha value is -7.52. The van der Waals surface area contributed by atoms with Gasteiger partial charge in [-0.2, -0.15) is 0 Å². The second kappa shape index (κ2) is 15.3. The molecule has 1 nitrogen and oxygen atoms in total. The van der Waals surface area contributed by atoms with Crippen LogP contribution in [0.3, 0.4) is 0 Å². The Morgan fingerprint density at radius 2 is 0.683 bits per heavy atom. The molecule has 11 rings (SSSR count). The van der Waals surface area contributed by atoms with Crippen molar-refractivity contribution in [2.75, 3.05) is 4.90 Å². The first-order valence-corrected chi connectivity index (χ1v) is 21.3. The van der Waals surface area contributed by atoms with Crippen molar-refractivity contribution in [3.8, 4) is 55.6 Å². The fourth-order valence-corrected chi connectivity index (χ4v) is 9.66. The monoisotopic (exact) mass is 781 g/mol. The van der Waals surface area contributed by atoms with Crippen LogP contribution in [0.4, 0.5) is 17.1 Å². The summed E-state index contributed by atoms with van der Waals surface area (Å²) in [5.41, 5.74) is 15.4. The molecule has 1 aromatic heterocycles. The average molecular weight is 782 g/mol. The van der Waals surface area contributed by atoms with Crippen LogP contribution in [0.2, 0.25) is 0 Å². The number of anilines is 3. The van der Waals surface area contributed by atoms with E-state index < -0.39 is 0 Å². The minimum absolute atomic E-state index is 1.11. The number of thiophene rings is 1. The third-order valence-corrected chi connectivity index (χ3v) is 12.8. The van der Waals surface area contributed by atoms with Crippen molar-refractivity contribution in [3.05, 3.63) is 237 Å². The first kappa shape index (κ1) is 35.6. The lowest BCUT2D eigenvalue weighted by molar-refractivity contribution is 1.29. The molecule has 0 atom stereocenters. The second-order valence-corrected chi connectivity index (χ2v) is 16.5. The molecule has 1 heterocycles. The maximum absolute atomic E-state index is 2.39. The summed E-state index contributed by atoms with van der Waals surface area (Å²) < 4.78 is 2.59. The molecule has 0 unspecified atom stereocenters.